The number of aromatic nitrogens is 2. The van der Waals surface area contributed by atoms with Gasteiger partial charge in [0.2, 0.25) is 11.8 Å². The minimum Gasteiger partial charge on any atom is -0.492 e. The third-order valence-corrected chi connectivity index (χ3v) is 2.88. The van der Waals surface area contributed by atoms with Gasteiger partial charge in [0.25, 0.3) is 0 Å². The standard InChI is InChI=1S/C10H10N2O5S/c1-6-5-18-7(11-6)4-16-10(15)17-12-8(13)2-3-9(12)14/h2-3,5,13-14H,4H2,1H3. The summed E-state index contributed by atoms with van der Waals surface area (Å²) in [5.74, 6) is -0.816. The second-order valence-corrected chi connectivity index (χ2v) is 4.30. The maximum atomic E-state index is 11.3. The van der Waals surface area contributed by atoms with Gasteiger partial charge in [0, 0.05) is 23.2 Å². The SMILES string of the molecule is Cc1csc(COC(=O)On2c(O)ccc2O)n1. The van der Waals surface area contributed by atoms with Crippen molar-refractivity contribution in [2.24, 2.45) is 0 Å². The molecule has 0 radical (unpaired) electrons. The van der Waals surface area contributed by atoms with Crippen LogP contribution in [0.25, 0.3) is 0 Å². The number of ether oxygens (including phenoxy) is 1. The minimum atomic E-state index is -1.05. The van der Waals surface area contributed by atoms with E-state index < -0.39 is 17.9 Å². The van der Waals surface area contributed by atoms with E-state index in [0.717, 1.165) is 5.69 Å². The van der Waals surface area contributed by atoms with Gasteiger partial charge in [-0.2, -0.15) is 0 Å². The Morgan fingerprint density at radius 3 is 2.67 bits per heavy atom. The molecule has 2 heterocycles. The first-order valence-electron chi connectivity index (χ1n) is 4.92. The predicted molar refractivity (Wildman–Crippen MR) is 61.4 cm³/mol. The Kier molecular flexibility index (Phi) is 3.38. The van der Waals surface area contributed by atoms with E-state index in [1.54, 1.807) is 0 Å². The van der Waals surface area contributed by atoms with Gasteiger partial charge in [0.15, 0.2) is 0 Å². The molecule has 2 aromatic rings. The van der Waals surface area contributed by atoms with Crippen LogP contribution in [-0.4, -0.2) is 26.1 Å². The number of aromatic hydroxyl groups is 2. The van der Waals surface area contributed by atoms with Crippen LogP contribution in [0.15, 0.2) is 17.5 Å². The fraction of sp³-hybridized carbons (Fsp3) is 0.200. The molecule has 0 spiro atoms. The van der Waals surface area contributed by atoms with Crippen LogP contribution in [0, 0.1) is 6.92 Å². The smallest absolute Gasteiger partial charge is 0.492 e. The lowest BCUT2D eigenvalue weighted by atomic mass is 10.6. The lowest BCUT2D eigenvalue weighted by Crippen LogP contribution is -2.19. The molecule has 0 aliphatic rings. The number of carbonyl (C=O) groups is 1. The van der Waals surface area contributed by atoms with Gasteiger partial charge in [-0.1, -0.05) is 0 Å². The number of hydrogen-bond acceptors (Lipinski definition) is 7. The minimum absolute atomic E-state index is 0.0276. The molecule has 96 valence electrons. The van der Waals surface area contributed by atoms with E-state index in [-0.39, 0.29) is 6.61 Å². The highest BCUT2D eigenvalue weighted by molar-refractivity contribution is 7.09. The Hall–Kier alpha value is -2.22. The largest absolute Gasteiger partial charge is 0.534 e. The van der Waals surface area contributed by atoms with Crippen LogP contribution in [-0.2, 0) is 11.3 Å². The summed E-state index contributed by atoms with van der Waals surface area (Å²) in [5, 5.41) is 20.9. The highest BCUT2D eigenvalue weighted by Crippen LogP contribution is 2.19. The van der Waals surface area contributed by atoms with Crippen LogP contribution in [0.2, 0.25) is 0 Å². The lowest BCUT2D eigenvalue weighted by Gasteiger charge is -2.06. The van der Waals surface area contributed by atoms with Crippen molar-refractivity contribution in [2.45, 2.75) is 13.5 Å². The summed E-state index contributed by atoms with van der Waals surface area (Å²) in [6.07, 6.45) is -1.05. The van der Waals surface area contributed by atoms with Gasteiger partial charge in [-0.25, -0.2) is 9.78 Å². The van der Waals surface area contributed by atoms with Crippen molar-refractivity contribution in [1.82, 2.24) is 9.71 Å². The van der Waals surface area contributed by atoms with E-state index >= 15 is 0 Å². The van der Waals surface area contributed by atoms with Crippen molar-refractivity contribution in [3.05, 3.63) is 28.2 Å². The van der Waals surface area contributed by atoms with Gasteiger partial charge < -0.3 is 14.9 Å². The molecule has 7 nitrogen and oxygen atoms in total. The molecule has 8 heteroatoms. The second-order valence-electron chi connectivity index (χ2n) is 3.36. The molecule has 18 heavy (non-hydrogen) atoms. The number of hydrogen-bond donors (Lipinski definition) is 2. The summed E-state index contributed by atoms with van der Waals surface area (Å²) in [5.41, 5.74) is 0.840. The fourth-order valence-corrected chi connectivity index (χ4v) is 1.87. The van der Waals surface area contributed by atoms with Crippen molar-refractivity contribution in [1.29, 1.82) is 0 Å². The number of aryl methyl sites for hydroxylation is 1. The highest BCUT2D eigenvalue weighted by Gasteiger charge is 2.13. The maximum absolute atomic E-state index is 11.3. The average Bonchev–Trinajstić information content (AvgIpc) is 2.87. The van der Waals surface area contributed by atoms with Gasteiger partial charge in [-0.15, -0.1) is 16.1 Å². The molecule has 0 aliphatic heterocycles. The predicted octanol–water partition coefficient (Wildman–Crippen LogP) is 1.43. The molecular weight excluding hydrogens is 260 g/mol. The Morgan fingerprint density at radius 1 is 1.44 bits per heavy atom. The van der Waals surface area contributed by atoms with Crippen LogP contribution in [0.1, 0.15) is 10.7 Å². The summed E-state index contributed by atoms with van der Waals surface area (Å²) < 4.78 is 5.32. The Bertz CT molecular complexity index is 543. The van der Waals surface area contributed by atoms with Crippen LogP contribution >= 0.6 is 11.3 Å². The van der Waals surface area contributed by atoms with Crippen LogP contribution in [0.3, 0.4) is 0 Å². The normalized spacial score (nSPS) is 10.3. The number of rotatable bonds is 3. The summed E-state index contributed by atoms with van der Waals surface area (Å²) in [7, 11) is 0. The summed E-state index contributed by atoms with van der Waals surface area (Å²) >= 11 is 1.36. The van der Waals surface area contributed by atoms with E-state index in [9.17, 15) is 15.0 Å². The first kappa shape index (κ1) is 12.2. The van der Waals surface area contributed by atoms with E-state index in [0.29, 0.717) is 9.74 Å². The molecule has 0 aliphatic carbocycles. The van der Waals surface area contributed by atoms with E-state index in [1.165, 1.54) is 23.5 Å². The highest BCUT2D eigenvalue weighted by atomic mass is 32.1. The monoisotopic (exact) mass is 270 g/mol. The van der Waals surface area contributed by atoms with Crippen LogP contribution in [0.5, 0.6) is 11.8 Å². The second kappa shape index (κ2) is 4.96. The first-order valence-corrected chi connectivity index (χ1v) is 5.80. The van der Waals surface area contributed by atoms with Gasteiger partial charge in [0.1, 0.15) is 11.6 Å². The fourth-order valence-electron chi connectivity index (χ4n) is 1.19. The molecule has 2 rings (SSSR count). The zero-order chi connectivity index (χ0) is 13.1. The third-order valence-electron chi connectivity index (χ3n) is 1.94. The summed E-state index contributed by atoms with van der Waals surface area (Å²) in [6.45, 7) is 1.80. The molecule has 0 aromatic carbocycles. The van der Waals surface area contributed by atoms with Gasteiger partial charge >= 0.3 is 6.16 Å². The van der Waals surface area contributed by atoms with Crippen molar-refractivity contribution in [3.8, 4) is 11.8 Å². The summed E-state index contributed by atoms with van der Waals surface area (Å²) in [4.78, 5) is 20.0. The third kappa shape index (κ3) is 2.72. The van der Waals surface area contributed by atoms with Gasteiger partial charge in [-0.3, -0.25) is 4.84 Å². The zero-order valence-electron chi connectivity index (χ0n) is 9.36. The Balaban J connectivity index is 1.89. The number of thiazole rings is 1. The summed E-state index contributed by atoms with van der Waals surface area (Å²) in [6, 6.07) is 2.35. The molecule has 0 amide bonds. The average molecular weight is 270 g/mol. The van der Waals surface area contributed by atoms with E-state index in [4.69, 9.17) is 4.74 Å². The molecule has 2 aromatic heterocycles. The number of carbonyl (C=O) groups excluding carboxylic acids is 1. The number of nitrogens with zero attached hydrogens (tertiary/aromatic N) is 2. The lowest BCUT2D eigenvalue weighted by molar-refractivity contribution is 0.0310. The van der Waals surface area contributed by atoms with Crippen molar-refractivity contribution in [3.63, 3.8) is 0 Å². The Morgan fingerprint density at radius 2 is 2.11 bits per heavy atom. The topological polar surface area (TPSA) is 93.8 Å². The van der Waals surface area contributed by atoms with Crippen molar-refractivity contribution in [2.75, 3.05) is 0 Å². The van der Waals surface area contributed by atoms with Crippen molar-refractivity contribution < 1.29 is 24.6 Å². The quantitative estimate of drug-likeness (QED) is 0.819. The molecule has 0 atom stereocenters. The van der Waals surface area contributed by atoms with E-state index in [2.05, 4.69) is 9.82 Å². The van der Waals surface area contributed by atoms with E-state index in [1.807, 2.05) is 12.3 Å². The molecule has 2 N–H and O–H groups in total. The van der Waals surface area contributed by atoms with Crippen LogP contribution < -0.4 is 4.84 Å². The first-order chi connectivity index (χ1) is 8.56. The molecule has 0 fully saturated rings. The zero-order valence-corrected chi connectivity index (χ0v) is 10.2. The molecule has 0 saturated heterocycles. The van der Waals surface area contributed by atoms with Crippen molar-refractivity contribution >= 4 is 17.5 Å². The van der Waals surface area contributed by atoms with Gasteiger partial charge in [-0.05, 0) is 6.92 Å². The van der Waals surface area contributed by atoms with Gasteiger partial charge in [0.05, 0.1) is 0 Å². The molecule has 0 unspecified atom stereocenters. The van der Waals surface area contributed by atoms with Crippen LogP contribution in [0.4, 0.5) is 4.79 Å². The molecule has 0 bridgehead atoms. The maximum Gasteiger partial charge on any atom is 0.534 e. The molecule has 0 saturated carbocycles. The Labute approximate surface area is 106 Å². The molecular formula is C10H10N2O5S.